The summed E-state index contributed by atoms with van der Waals surface area (Å²) in [6.45, 7) is 3.90. The third kappa shape index (κ3) is 4.29. The second kappa shape index (κ2) is 7.19. The van der Waals surface area contributed by atoms with Gasteiger partial charge < -0.3 is 5.32 Å². The Morgan fingerprint density at radius 1 is 1.40 bits per heavy atom. The summed E-state index contributed by atoms with van der Waals surface area (Å²) >= 11 is 6.35. The normalized spacial score (nSPS) is 12.2. The molecule has 0 saturated heterocycles. The lowest BCUT2D eigenvalue weighted by molar-refractivity contribution is -0.115. The largest absolute Gasteiger partial charge is 0.325 e. The summed E-state index contributed by atoms with van der Waals surface area (Å²) in [5.74, 6) is -0.00678. The van der Waals surface area contributed by atoms with Crippen LogP contribution in [0, 0.1) is 6.92 Å². The van der Waals surface area contributed by atoms with Gasteiger partial charge >= 0.3 is 0 Å². The quantitative estimate of drug-likeness (QED) is 0.803. The first-order chi connectivity index (χ1) is 9.58. The van der Waals surface area contributed by atoms with Crippen LogP contribution in [-0.4, -0.2) is 21.4 Å². The van der Waals surface area contributed by atoms with Gasteiger partial charge in [-0.15, -0.1) is 10.2 Å². The topological polar surface area (TPSA) is 54.9 Å². The standard InChI is InChI=1S/C13H14BrN3OS2/c1-3-11(20-13-17-16-8(2)19-13)12(18)15-10-6-4-9(14)5-7-10/h4-7,11H,3H2,1-2H3,(H,15,18)/t11-/m1/s1. The molecule has 0 unspecified atom stereocenters. The van der Waals surface area contributed by atoms with E-state index in [9.17, 15) is 4.79 Å². The number of hydrogen-bond donors (Lipinski definition) is 1. The van der Waals surface area contributed by atoms with Gasteiger partial charge in [-0.25, -0.2) is 0 Å². The summed E-state index contributed by atoms with van der Waals surface area (Å²) in [5, 5.41) is 11.7. The van der Waals surface area contributed by atoms with Crippen LogP contribution in [0.25, 0.3) is 0 Å². The number of nitrogens with zero attached hydrogens (tertiary/aromatic N) is 2. The zero-order valence-electron chi connectivity index (χ0n) is 11.1. The molecular formula is C13H14BrN3OS2. The van der Waals surface area contributed by atoms with E-state index in [-0.39, 0.29) is 11.2 Å². The first-order valence-corrected chi connectivity index (χ1v) is 8.60. The number of aryl methyl sites for hydroxylation is 1. The lowest BCUT2D eigenvalue weighted by Crippen LogP contribution is -2.24. The summed E-state index contributed by atoms with van der Waals surface area (Å²) in [5.41, 5.74) is 0.797. The second-order valence-electron chi connectivity index (χ2n) is 4.10. The van der Waals surface area contributed by atoms with E-state index < -0.39 is 0 Å². The minimum atomic E-state index is -0.161. The van der Waals surface area contributed by atoms with Crippen molar-refractivity contribution in [3.8, 4) is 0 Å². The van der Waals surface area contributed by atoms with Gasteiger partial charge in [0.25, 0.3) is 0 Å². The Kier molecular flexibility index (Phi) is 5.56. The molecule has 4 nitrogen and oxygen atoms in total. The molecule has 20 heavy (non-hydrogen) atoms. The van der Waals surface area contributed by atoms with Gasteiger partial charge in [-0.1, -0.05) is 46.0 Å². The fourth-order valence-corrected chi connectivity index (χ4v) is 3.77. The third-order valence-corrected chi connectivity index (χ3v) is 5.34. The SMILES string of the molecule is CC[C@@H](Sc1nnc(C)s1)C(=O)Nc1ccc(Br)cc1. The molecule has 2 aromatic rings. The summed E-state index contributed by atoms with van der Waals surface area (Å²) < 4.78 is 1.82. The van der Waals surface area contributed by atoms with Crippen LogP contribution in [0.4, 0.5) is 5.69 Å². The van der Waals surface area contributed by atoms with Gasteiger partial charge in [-0.3, -0.25) is 4.79 Å². The van der Waals surface area contributed by atoms with Crippen molar-refractivity contribution in [3.05, 3.63) is 33.7 Å². The molecule has 1 N–H and O–H groups in total. The number of amides is 1. The number of benzene rings is 1. The van der Waals surface area contributed by atoms with Crippen molar-refractivity contribution < 1.29 is 4.79 Å². The van der Waals surface area contributed by atoms with Gasteiger partial charge in [-0.2, -0.15) is 0 Å². The van der Waals surface area contributed by atoms with Crippen LogP contribution in [0.2, 0.25) is 0 Å². The Balaban J connectivity index is 2.00. The maximum atomic E-state index is 12.3. The number of hydrogen-bond acceptors (Lipinski definition) is 5. The Bertz CT molecular complexity index is 586. The maximum Gasteiger partial charge on any atom is 0.237 e. The molecule has 2 rings (SSSR count). The van der Waals surface area contributed by atoms with E-state index in [1.165, 1.54) is 23.1 Å². The first-order valence-electron chi connectivity index (χ1n) is 6.11. The molecule has 0 aliphatic carbocycles. The maximum absolute atomic E-state index is 12.3. The van der Waals surface area contributed by atoms with Gasteiger partial charge in [0.1, 0.15) is 5.01 Å². The van der Waals surface area contributed by atoms with Crippen molar-refractivity contribution in [2.45, 2.75) is 29.9 Å². The van der Waals surface area contributed by atoms with E-state index in [1.807, 2.05) is 38.1 Å². The zero-order valence-corrected chi connectivity index (χ0v) is 14.3. The molecule has 1 atom stereocenters. The summed E-state index contributed by atoms with van der Waals surface area (Å²) in [4.78, 5) is 12.3. The van der Waals surface area contributed by atoms with E-state index in [4.69, 9.17) is 0 Å². The van der Waals surface area contributed by atoms with Crippen molar-refractivity contribution >= 4 is 50.6 Å². The molecule has 106 valence electrons. The number of carbonyl (C=O) groups is 1. The predicted octanol–water partition coefficient (Wildman–Crippen LogP) is 4.12. The highest BCUT2D eigenvalue weighted by atomic mass is 79.9. The minimum absolute atomic E-state index is 0.00678. The molecule has 0 bridgehead atoms. The highest BCUT2D eigenvalue weighted by molar-refractivity contribution is 9.10. The minimum Gasteiger partial charge on any atom is -0.325 e. The van der Waals surface area contributed by atoms with Gasteiger partial charge in [0, 0.05) is 10.2 Å². The number of thioether (sulfide) groups is 1. The number of aromatic nitrogens is 2. The lowest BCUT2D eigenvalue weighted by Gasteiger charge is -2.13. The Morgan fingerprint density at radius 2 is 2.10 bits per heavy atom. The monoisotopic (exact) mass is 371 g/mol. The number of halogens is 1. The highest BCUT2D eigenvalue weighted by Gasteiger charge is 2.20. The Hall–Kier alpha value is -0.920. The number of rotatable bonds is 5. The summed E-state index contributed by atoms with van der Waals surface area (Å²) in [6.07, 6.45) is 0.742. The molecule has 0 aliphatic rings. The van der Waals surface area contributed by atoms with E-state index >= 15 is 0 Å². The fourth-order valence-electron chi connectivity index (χ4n) is 1.53. The molecule has 0 aliphatic heterocycles. The van der Waals surface area contributed by atoms with E-state index in [2.05, 4.69) is 31.4 Å². The zero-order chi connectivity index (χ0) is 14.5. The molecule has 1 aromatic heterocycles. The van der Waals surface area contributed by atoms with Crippen LogP contribution in [0.1, 0.15) is 18.4 Å². The highest BCUT2D eigenvalue weighted by Crippen LogP contribution is 2.29. The van der Waals surface area contributed by atoms with E-state index in [1.54, 1.807) is 0 Å². The van der Waals surface area contributed by atoms with E-state index in [0.717, 1.165) is 25.9 Å². The van der Waals surface area contributed by atoms with Crippen LogP contribution < -0.4 is 5.32 Å². The predicted molar refractivity (Wildman–Crippen MR) is 87.4 cm³/mol. The van der Waals surface area contributed by atoms with Crippen LogP contribution in [0.15, 0.2) is 33.1 Å². The summed E-state index contributed by atoms with van der Waals surface area (Å²) in [7, 11) is 0. The van der Waals surface area contributed by atoms with Crippen LogP contribution >= 0.6 is 39.0 Å². The average Bonchev–Trinajstić information content (AvgIpc) is 2.84. The molecule has 1 heterocycles. The van der Waals surface area contributed by atoms with Crippen molar-refractivity contribution in [1.82, 2.24) is 10.2 Å². The smallest absolute Gasteiger partial charge is 0.237 e. The van der Waals surface area contributed by atoms with Gasteiger partial charge in [0.05, 0.1) is 5.25 Å². The van der Waals surface area contributed by atoms with Gasteiger partial charge in [0.2, 0.25) is 5.91 Å². The average molecular weight is 372 g/mol. The van der Waals surface area contributed by atoms with Crippen LogP contribution in [0.5, 0.6) is 0 Å². The summed E-state index contributed by atoms with van der Waals surface area (Å²) in [6, 6.07) is 7.54. The number of nitrogens with one attached hydrogen (secondary N) is 1. The molecule has 1 aromatic carbocycles. The second-order valence-corrected chi connectivity index (χ2v) is 7.65. The molecule has 7 heteroatoms. The molecular weight excluding hydrogens is 358 g/mol. The van der Waals surface area contributed by atoms with Gasteiger partial charge in [-0.05, 0) is 37.6 Å². The van der Waals surface area contributed by atoms with Crippen LogP contribution in [-0.2, 0) is 4.79 Å². The van der Waals surface area contributed by atoms with Crippen molar-refractivity contribution in [1.29, 1.82) is 0 Å². The molecule has 0 spiro atoms. The molecule has 1 amide bonds. The Morgan fingerprint density at radius 3 is 2.65 bits per heavy atom. The van der Waals surface area contributed by atoms with Gasteiger partial charge in [0.15, 0.2) is 4.34 Å². The lowest BCUT2D eigenvalue weighted by atomic mass is 10.3. The van der Waals surface area contributed by atoms with Crippen molar-refractivity contribution in [2.24, 2.45) is 0 Å². The van der Waals surface area contributed by atoms with E-state index in [0.29, 0.717) is 0 Å². The molecule has 0 fully saturated rings. The van der Waals surface area contributed by atoms with Crippen LogP contribution in [0.3, 0.4) is 0 Å². The molecule has 0 radical (unpaired) electrons. The van der Waals surface area contributed by atoms with Crippen molar-refractivity contribution in [2.75, 3.05) is 5.32 Å². The third-order valence-electron chi connectivity index (χ3n) is 2.53. The van der Waals surface area contributed by atoms with Crippen molar-refractivity contribution in [3.63, 3.8) is 0 Å². The number of anilines is 1. The molecule has 0 saturated carbocycles. The number of carbonyl (C=O) groups excluding carboxylic acids is 1. The Labute approximate surface area is 134 Å². The first kappa shape index (κ1) is 15.5. The fraction of sp³-hybridized carbons (Fsp3) is 0.308.